The zero-order valence-electron chi connectivity index (χ0n) is 11.5. The van der Waals surface area contributed by atoms with Crippen LogP contribution in [0, 0.1) is 0 Å². The van der Waals surface area contributed by atoms with Crippen molar-refractivity contribution in [1.29, 1.82) is 0 Å². The Morgan fingerprint density at radius 1 is 1.24 bits per heavy atom. The molecule has 3 aromatic rings. The molecule has 0 saturated heterocycles. The molecule has 0 saturated carbocycles. The topological polar surface area (TPSA) is 66.3 Å². The summed E-state index contributed by atoms with van der Waals surface area (Å²) in [6, 6.07) is 3.96. The number of hydrogen-bond acceptors (Lipinski definition) is 5. The highest BCUT2D eigenvalue weighted by atomic mass is 32.1. The first-order chi connectivity index (χ1) is 10.4. The molecule has 5 nitrogen and oxygen atoms in total. The molecule has 1 aliphatic rings. The molecule has 0 atom stereocenters. The summed E-state index contributed by atoms with van der Waals surface area (Å²) in [7, 11) is 0. The minimum Gasteiger partial charge on any atom is -0.363 e. The van der Waals surface area contributed by atoms with E-state index in [9.17, 15) is 0 Å². The van der Waals surface area contributed by atoms with Gasteiger partial charge in [-0.15, -0.1) is 16.5 Å². The number of nitrogens with zero attached hydrogens (tertiary/aromatic N) is 4. The number of aromatic nitrogens is 3. The van der Waals surface area contributed by atoms with Crippen LogP contribution in [0.3, 0.4) is 0 Å². The number of fused-ring (bicyclic) bond motifs is 3. The first-order valence-corrected chi connectivity index (χ1v) is 7.98. The predicted molar refractivity (Wildman–Crippen MR) is 83.1 cm³/mol. The molecule has 1 aliphatic carbocycles. The zero-order chi connectivity index (χ0) is 14.1. The number of rotatable bonds is 3. The lowest BCUT2D eigenvalue weighted by atomic mass is 9.97. The molecule has 0 radical (unpaired) electrons. The van der Waals surface area contributed by atoms with E-state index in [4.69, 9.17) is 0 Å². The van der Waals surface area contributed by atoms with Crippen molar-refractivity contribution < 1.29 is 0 Å². The van der Waals surface area contributed by atoms with Crippen LogP contribution in [0.4, 0.5) is 5.82 Å². The smallest absolute Gasteiger partial charge is 0.186 e. The van der Waals surface area contributed by atoms with Crippen molar-refractivity contribution in [3.63, 3.8) is 0 Å². The van der Waals surface area contributed by atoms with Crippen LogP contribution in [0.5, 0.6) is 0 Å². The molecule has 0 unspecified atom stereocenters. The fraction of sp³-hybridized carbons (Fsp3) is 0.333. The van der Waals surface area contributed by atoms with Crippen molar-refractivity contribution in [2.24, 2.45) is 10.2 Å². The van der Waals surface area contributed by atoms with E-state index in [2.05, 4.69) is 25.2 Å². The minimum atomic E-state index is 0.546. The third-order valence-corrected chi connectivity index (χ3v) is 5.00. The Hall–Kier alpha value is -2.08. The molecule has 0 spiro atoms. The van der Waals surface area contributed by atoms with Crippen LogP contribution in [0.2, 0.25) is 0 Å². The van der Waals surface area contributed by atoms with Gasteiger partial charge in [0.05, 0.1) is 5.39 Å². The second-order valence-corrected chi connectivity index (χ2v) is 6.27. The summed E-state index contributed by atoms with van der Waals surface area (Å²) in [5.41, 5.74) is 2.45. The van der Waals surface area contributed by atoms with Crippen LogP contribution in [0.1, 0.15) is 29.0 Å². The maximum Gasteiger partial charge on any atom is 0.186 e. The SMILES string of the molecule is c1c[nH]c(CN=Nc2ncnc3sc4c(c23)CCCC4)c1. The van der Waals surface area contributed by atoms with Gasteiger partial charge in [0.2, 0.25) is 0 Å². The third-order valence-electron chi connectivity index (χ3n) is 3.80. The summed E-state index contributed by atoms with van der Waals surface area (Å²) in [4.78, 5) is 14.4. The largest absolute Gasteiger partial charge is 0.363 e. The van der Waals surface area contributed by atoms with Gasteiger partial charge in [-0.05, 0) is 43.4 Å². The Labute approximate surface area is 126 Å². The number of hydrogen-bond donors (Lipinski definition) is 1. The molecule has 3 heterocycles. The number of azo groups is 1. The lowest BCUT2D eigenvalue weighted by Crippen LogP contribution is -1.98. The van der Waals surface area contributed by atoms with Gasteiger partial charge in [-0.3, -0.25) is 0 Å². The number of aryl methyl sites for hydroxylation is 2. The highest BCUT2D eigenvalue weighted by molar-refractivity contribution is 7.18. The van der Waals surface area contributed by atoms with E-state index in [0.717, 1.165) is 28.8 Å². The molecule has 0 aromatic carbocycles. The van der Waals surface area contributed by atoms with Gasteiger partial charge < -0.3 is 4.98 Å². The summed E-state index contributed by atoms with van der Waals surface area (Å²) >= 11 is 1.79. The molecule has 0 bridgehead atoms. The lowest BCUT2D eigenvalue weighted by Gasteiger charge is -2.10. The van der Waals surface area contributed by atoms with E-state index in [1.807, 2.05) is 18.3 Å². The fourth-order valence-corrected chi connectivity index (χ4v) is 4.02. The van der Waals surface area contributed by atoms with Gasteiger partial charge in [0.25, 0.3) is 0 Å². The van der Waals surface area contributed by atoms with Crippen LogP contribution < -0.4 is 0 Å². The molecule has 106 valence electrons. The van der Waals surface area contributed by atoms with Crippen molar-refractivity contribution >= 4 is 27.4 Å². The van der Waals surface area contributed by atoms with Gasteiger partial charge in [0, 0.05) is 16.8 Å². The molecule has 0 aliphatic heterocycles. The molecule has 3 aromatic heterocycles. The van der Waals surface area contributed by atoms with E-state index in [1.165, 1.54) is 23.3 Å². The maximum absolute atomic E-state index is 4.40. The van der Waals surface area contributed by atoms with Crippen molar-refractivity contribution in [3.8, 4) is 0 Å². The fourth-order valence-electron chi connectivity index (χ4n) is 2.79. The summed E-state index contributed by atoms with van der Waals surface area (Å²) in [5.74, 6) is 0.714. The van der Waals surface area contributed by atoms with E-state index in [0.29, 0.717) is 12.4 Å². The molecule has 6 heteroatoms. The van der Waals surface area contributed by atoms with Crippen molar-refractivity contribution in [2.45, 2.75) is 32.2 Å². The van der Waals surface area contributed by atoms with E-state index in [1.54, 1.807) is 17.7 Å². The molecule has 1 N–H and O–H groups in total. The Morgan fingerprint density at radius 3 is 3.10 bits per heavy atom. The number of nitrogens with one attached hydrogen (secondary N) is 1. The average Bonchev–Trinajstić information content (AvgIpc) is 3.14. The van der Waals surface area contributed by atoms with Crippen molar-refractivity contribution in [2.75, 3.05) is 0 Å². The highest BCUT2D eigenvalue weighted by Crippen LogP contribution is 2.39. The average molecular weight is 297 g/mol. The Balaban J connectivity index is 1.71. The molecular formula is C15H15N5S. The number of H-pyrrole nitrogens is 1. The van der Waals surface area contributed by atoms with Crippen molar-refractivity contribution in [3.05, 3.63) is 40.8 Å². The van der Waals surface area contributed by atoms with Gasteiger partial charge in [0.15, 0.2) is 5.82 Å². The summed E-state index contributed by atoms with van der Waals surface area (Å²) in [6.07, 6.45) is 8.28. The van der Waals surface area contributed by atoms with Crippen molar-refractivity contribution in [1.82, 2.24) is 15.0 Å². The lowest BCUT2D eigenvalue weighted by molar-refractivity contribution is 0.700. The first-order valence-electron chi connectivity index (χ1n) is 7.17. The van der Waals surface area contributed by atoms with Crippen LogP contribution >= 0.6 is 11.3 Å². The minimum absolute atomic E-state index is 0.546. The quantitative estimate of drug-likeness (QED) is 0.737. The normalized spacial score (nSPS) is 14.9. The third kappa shape index (κ3) is 2.35. The predicted octanol–water partition coefficient (Wildman–Crippen LogP) is 4.18. The van der Waals surface area contributed by atoms with Crippen LogP contribution in [0.15, 0.2) is 34.9 Å². The van der Waals surface area contributed by atoms with Crippen LogP contribution in [-0.4, -0.2) is 15.0 Å². The van der Waals surface area contributed by atoms with Gasteiger partial charge >= 0.3 is 0 Å². The van der Waals surface area contributed by atoms with E-state index in [-0.39, 0.29) is 0 Å². The Kier molecular flexibility index (Phi) is 3.23. The molecule has 0 amide bonds. The maximum atomic E-state index is 4.40. The van der Waals surface area contributed by atoms with E-state index >= 15 is 0 Å². The van der Waals surface area contributed by atoms with Gasteiger partial charge in [-0.25, -0.2) is 9.97 Å². The molecular weight excluding hydrogens is 282 g/mol. The number of aromatic amines is 1. The molecule has 4 rings (SSSR count). The Morgan fingerprint density at radius 2 is 2.19 bits per heavy atom. The molecule has 21 heavy (non-hydrogen) atoms. The second-order valence-electron chi connectivity index (χ2n) is 5.18. The van der Waals surface area contributed by atoms with Crippen LogP contribution in [-0.2, 0) is 19.4 Å². The van der Waals surface area contributed by atoms with Gasteiger partial charge in [0.1, 0.15) is 17.7 Å². The summed E-state index contributed by atoms with van der Waals surface area (Å²) in [6.45, 7) is 0.546. The van der Waals surface area contributed by atoms with Crippen LogP contribution in [0.25, 0.3) is 10.2 Å². The summed E-state index contributed by atoms with van der Waals surface area (Å²) in [5, 5.41) is 9.74. The van der Waals surface area contributed by atoms with E-state index < -0.39 is 0 Å². The monoisotopic (exact) mass is 297 g/mol. The zero-order valence-corrected chi connectivity index (χ0v) is 12.4. The Bertz CT molecular complexity index is 788. The first kappa shape index (κ1) is 12.6. The standard InChI is InChI=1S/C15H15N5S/c1-2-6-12-11(5-1)13-14(17-9-18-15(13)21-12)20-19-8-10-4-3-7-16-10/h3-4,7,9,16H,1-2,5-6,8H2. The summed E-state index contributed by atoms with van der Waals surface area (Å²) < 4.78 is 0. The second kappa shape index (κ2) is 5.37. The molecule has 0 fully saturated rings. The highest BCUT2D eigenvalue weighted by Gasteiger charge is 2.19. The number of thiophene rings is 1. The van der Waals surface area contributed by atoms with Gasteiger partial charge in [-0.1, -0.05) is 0 Å². The van der Waals surface area contributed by atoms with Gasteiger partial charge in [-0.2, -0.15) is 5.11 Å².